The van der Waals surface area contributed by atoms with Crippen LogP contribution in [0, 0.1) is 6.42 Å². The molecule has 0 aliphatic carbocycles. The zero-order valence-corrected chi connectivity index (χ0v) is 4.99. The van der Waals surface area contributed by atoms with Gasteiger partial charge >= 0.3 is 18.9 Å². The molecule has 0 aromatic rings. The number of unbranched alkanes of at least 4 members (excludes halogenated alkanes) is 2. The maximum Gasteiger partial charge on any atom is 1.00 e. The molecule has 0 rings (SSSR count). The predicted molar refractivity (Wildman–Crippen MR) is 24.9 cm³/mol. The second-order valence-corrected chi connectivity index (χ2v) is 1.20. The van der Waals surface area contributed by atoms with Gasteiger partial charge < -0.3 is 6.42 Å². The average molecular weight is 78.1 g/mol. The molecule has 0 N–H and O–H groups in total. The van der Waals surface area contributed by atoms with Crippen LogP contribution in [0.2, 0.25) is 0 Å². The van der Waals surface area contributed by atoms with Gasteiger partial charge in [0, 0.05) is 0 Å². The minimum absolute atomic E-state index is 0. The second kappa shape index (κ2) is 9.14. The Hall–Kier alpha value is 0.597. The van der Waals surface area contributed by atoms with Gasteiger partial charge in [-0.15, -0.1) is 0 Å². The Morgan fingerprint density at radius 3 is 2.00 bits per heavy atom. The van der Waals surface area contributed by atoms with Crippen LogP contribution >= 0.6 is 0 Å². The van der Waals surface area contributed by atoms with Crippen LogP contribution in [-0.4, -0.2) is 0 Å². The summed E-state index contributed by atoms with van der Waals surface area (Å²) in [6.45, 7) is 4.27. The molecule has 0 aliphatic rings. The minimum atomic E-state index is 0. The van der Waals surface area contributed by atoms with E-state index in [0.717, 1.165) is 0 Å². The van der Waals surface area contributed by atoms with Crippen molar-refractivity contribution in [2.24, 2.45) is 0 Å². The van der Waals surface area contributed by atoms with Crippen molar-refractivity contribution in [3.05, 3.63) is 6.42 Å². The summed E-state index contributed by atoms with van der Waals surface area (Å²) in [5, 5.41) is 0. The van der Waals surface area contributed by atoms with E-state index >= 15 is 0 Å². The fraction of sp³-hybridized carbons (Fsp3) is 0.800. The van der Waals surface area contributed by atoms with Gasteiger partial charge in [-0.2, -0.15) is 13.3 Å². The van der Waals surface area contributed by atoms with Crippen LogP contribution in [0.4, 0.5) is 0 Å². The third-order valence-electron chi connectivity index (χ3n) is 0.577. The van der Waals surface area contributed by atoms with Gasteiger partial charge in [0.05, 0.1) is 0 Å². The Bertz CT molecular complexity index is 11.4. The molecule has 0 spiro atoms. The summed E-state index contributed by atoms with van der Waals surface area (Å²) >= 11 is 0. The van der Waals surface area contributed by atoms with E-state index in [0.29, 0.717) is 0 Å². The zero-order chi connectivity index (χ0) is 4.12. The Morgan fingerprint density at radius 2 is 2.00 bits per heavy atom. The summed E-state index contributed by atoms with van der Waals surface area (Å²) in [7, 11) is 0. The minimum Gasteiger partial charge on any atom is -0.332 e. The van der Waals surface area contributed by atoms with Crippen molar-refractivity contribution in [3.8, 4) is 0 Å². The fourth-order valence-corrected chi connectivity index (χ4v) is 0.289. The number of rotatable bonds is 2. The van der Waals surface area contributed by atoms with E-state index in [1.807, 2.05) is 0 Å². The summed E-state index contributed by atoms with van der Waals surface area (Å²) in [6, 6.07) is 0. The van der Waals surface area contributed by atoms with Gasteiger partial charge in [-0.1, -0.05) is 13.3 Å². The molecule has 0 amide bonds. The van der Waals surface area contributed by atoms with Crippen molar-refractivity contribution in [3.63, 3.8) is 0 Å². The Balaban J connectivity index is 0. The van der Waals surface area contributed by atoms with Crippen LogP contribution in [0.25, 0.3) is 0 Å². The molecule has 0 fully saturated rings. The van der Waals surface area contributed by atoms with Crippen molar-refractivity contribution in [2.75, 3.05) is 0 Å². The maximum atomic E-state index is 2.18. The summed E-state index contributed by atoms with van der Waals surface area (Å²) in [4.78, 5) is 0. The van der Waals surface area contributed by atoms with E-state index in [1.165, 1.54) is 12.8 Å². The van der Waals surface area contributed by atoms with E-state index in [9.17, 15) is 0 Å². The molecule has 0 aromatic heterocycles. The average Bonchev–Trinajstić information content (AvgIpc) is 1.41. The zero-order valence-electron chi connectivity index (χ0n) is 4.99. The maximum absolute atomic E-state index is 2.18. The van der Waals surface area contributed by atoms with Gasteiger partial charge in [0.15, 0.2) is 0 Å². The van der Waals surface area contributed by atoms with Crippen molar-refractivity contribution in [1.82, 2.24) is 0 Å². The summed E-state index contributed by atoms with van der Waals surface area (Å²) < 4.78 is 0. The van der Waals surface area contributed by atoms with Crippen LogP contribution in [0.1, 0.15) is 26.7 Å². The molecule has 6 heavy (non-hydrogen) atoms. The largest absolute Gasteiger partial charge is 1.00 e. The predicted octanol–water partition coefficient (Wildman–Crippen LogP) is -0.985. The smallest absolute Gasteiger partial charge is 0.332 e. The van der Waals surface area contributed by atoms with Crippen LogP contribution in [-0.2, 0) is 0 Å². The molecule has 0 saturated carbocycles. The van der Waals surface area contributed by atoms with E-state index in [4.69, 9.17) is 0 Å². The van der Waals surface area contributed by atoms with Gasteiger partial charge in [-0.05, 0) is 0 Å². The van der Waals surface area contributed by atoms with E-state index < -0.39 is 0 Å². The molecule has 0 aromatic carbocycles. The molecule has 0 aliphatic heterocycles. The standard InChI is InChI=1S/C5H11.Li/c1-3-5-4-2;/h3H,4-5H2,1-2H3;/q-1;+1. The van der Waals surface area contributed by atoms with Crippen molar-refractivity contribution >= 4 is 0 Å². The summed E-state index contributed by atoms with van der Waals surface area (Å²) in [5.41, 5.74) is 0. The summed E-state index contributed by atoms with van der Waals surface area (Å²) in [5.74, 6) is 0. The Labute approximate surface area is 52.5 Å². The topological polar surface area (TPSA) is 0 Å². The Kier molecular flexibility index (Phi) is 14.9. The number of hydrogen-bond donors (Lipinski definition) is 0. The molecular weight excluding hydrogens is 67.0 g/mol. The van der Waals surface area contributed by atoms with Gasteiger partial charge in [0.25, 0.3) is 0 Å². The monoisotopic (exact) mass is 78.1 g/mol. The van der Waals surface area contributed by atoms with Gasteiger partial charge in [0.1, 0.15) is 0 Å². The quantitative estimate of drug-likeness (QED) is 0.294. The third-order valence-corrected chi connectivity index (χ3v) is 0.577. The van der Waals surface area contributed by atoms with Crippen LogP contribution in [0.15, 0.2) is 0 Å². The molecule has 0 atom stereocenters. The molecule has 0 heterocycles. The van der Waals surface area contributed by atoms with E-state index in [-0.39, 0.29) is 18.9 Å². The molecule has 0 bridgehead atoms. The van der Waals surface area contributed by atoms with Crippen molar-refractivity contribution in [2.45, 2.75) is 26.7 Å². The Morgan fingerprint density at radius 1 is 1.50 bits per heavy atom. The molecule has 0 nitrogen and oxygen atoms in total. The first-order chi connectivity index (χ1) is 2.41. The molecule has 1 heteroatoms. The van der Waals surface area contributed by atoms with Crippen LogP contribution in [0.3, 0.4) is 0 Å². The molecule has 0 unspecified atom stereocenters. The first kappa shape index (κ1) is 9.78. The number of hydrogen-bond acceptors (Lipinski definition) is 0. The van der Waals surface area contributed by atoms with Gasteiger partial charge in [0.2, 0.25) is 0 Å². The first-order valence-electron chi connectivity index (χ1n) is 2.19. The van der Waals surface area contributed by atoms with Crippen molar-refractivity contribution in [1.29, 1.82) is 0 Å². The summed E-state index contributed by atoms with van der Waals surface area (Å²) in [6.07, 6.45) is 4.73. The second-order valence-electron chi connectivity index (χ2n) is 1.20. The van der Waals surface area contributed by atoms with E-state index in [1.54, 1.807) is 0 Å². The molecular formula is C5H11Li. The SMILES string of the molecule is C[CH-]CCC.[Li+]. The molecule has 32 valence electrons. The fourth-order valence-electron chi connectivity index (χ4n) is 0.289. The van der Waals surface area contributed by atoms with Crippen LogP contribution in [0.5, 0.6) is 0 Å². The third kappa shape index (κ3) is 8.82. The van der Waals surface area contributed by atoms with Crippen LogP contribution < -0.4 is 18.9 Å². The van der Waals surface area contributed by atoms with Gasteiger partial charge in [-0.25, -0.2) is 0 Å². The van der Waals surface area contributed by atoms with E-state index in [2.05, 4.69) is 20.3 Å². The van der Waals surface area contributed by atoms with Gasteiger partial charge in [-0.3, -0.25) is 0 Å². The molecule has 0 radical (unpaired) electrons. The van der Waals surface area contributed by atoms with Crippen molar-refractivity contribution < 1.29 is 18.9 Å². The normalized spacial score (nSPS) is 7.00. The first-order valence-corrected chi connectivity index (χ1v) is 2.19. The molecule has 0 saturated heterocycles.